The molecule has 0 aromatic heterocycles. The zero-order valence-corrected chi connectivity index (χ0v) is 9.42. The van der Waals surface area contributed by atoms with Gasteiger partial charge in [-0.05, 0) is 30.2 Å². The SMILES string of the molecule is COC(=O)[C@H](N)Cc1cc(F)ccc1C(F)(F)F. The average Bonchev–Trinajstić information content (AvgIpc) is 2.26. The molecule has 0 aliphatic carbocycles. The number of methoxy groups -OCH3 is 1. The van der Waals surface area contributed by atoms with Crippen LogP contribution in [0.4, 0.5) is 17.6 Å². The van der Waals surface area contributed by atoms with Gasteiger partial charge in [-0.2, -0.15) is 13.2 Å². The predicted octanol–water partition coefficient (Wildman–Crippen LogP) is 1.89. The molecule has 1 atom stereocenters. The molecular weight excluding hydrogens is 254 g/mol. The minimum absolute atomic E-state index is 0.375. The second-order valence-electron chi connectivity index (χ2n) is 3.63. The van der Waals surface area contributed by atoms with Gasteiger partial charge >= 0.3 is 12.1 Å². The molecule has 0 saturated carbocycles. The van der Waals surface area contributed by atoms with Crippen molar-refractivity contribution >= 4 is 5.97 Å². The Balaban J connectivity index is 3.07. The van der Waals surface area contributed by atoms with Gasteiger partial charge in [-0.25, -0.2) is 4.39 Å². The Bertz CT molecular complexity index is 445. The normalized spacial score (nSPS) is 13.2. The zero-order valence-electron chi connectivity index (χ0n) is 9.42. The van der Waals surface area contributed by atoms with E-state index in [2.05, 4.69) is 4.74 Å². The van der Waals surface area contributed by atoms with Crippen molar-refractivity contribution in [2.45, 2.75) is 18.6 Å². The van der Waals surface area contributed by atoms with Gasteiger partial charge in [-0.3, -0.25) is 4.79 Å². The summed E-state index contributed by atoms with van der Waals surface area (Å²) in [5.41, 5.74) is 3.97. The lowest BCUT2D eigenvalue weighted by molar-refractivity contribution is -0.143. The third-order valence-electron chi connectivity index (χ3n) is 2.32. The fourth-order valence-corrected chi connectivity index (χ4v) is 1.48. The van der Waals surface area contributed by atoms with Crippen molar-refractivity contribution in [3.05, 3.63) is 35.1 Å². The summed E-state index contributed by atoms with van der Waals surface area (Å²) in [4.78, 5) is 11.0. The van der Waals surface area contributed by atoms with Crippen LogP contribution >= 0.6 is 0 Å². The number of rotatable bonds is 3. The molecule has 0 fully saturated rings. The number of ether oxygens (including phenoxy) is 1. The lowest BCUT2D eigenvalue weighted by Gasteiger charge is -2.15. The summed E-state index contributed by atoms with van der Waals surface area (Å²) >= 11 is 0. The zero-order chi connectivity index (χ0) is 13.9. The van der Waals surface area contributed by atoms with E-state index in [1.807, 2.05) is 0 Å². The molecule has 1 aromatic rings. The summed E-state index contributed by atoms with van der Waals surface area (Å²) in [5, 5.41) is 0. The van der Waals surface area contributed by atoms with Crippen LogP contribution < -0.4 is 5.73 Å². The van der Waals surface area contributed by atoms with Crippen molar-refractivity contribution in [1.82, 2.24) is 0 Å². The van der Waals surface area contributed by atoms with E-state index in [1.165, 1.54) is 0 Å². The first-order valence-corrected chi connectivity index (χ1v) is 4.94. The maximum Gasteiger partial charge on any atom is 0.416 e. The highest BCUT2D eigenvalue weighted by Gasteiger charge is 2.34. The maximum atomic E-state index is 12.9. The van der Waals surface area contributed by atoms with E-state index in [9.17, 15) is 22.4 Å². The molecule has 0 amide bonds. The van der Waals surface area contributed by atoms with E-state index in [0.717, 1.165) is 7.11 Å². The molecule has 7 heteroatoms. The van der Waals surface area contributed by atoms with Crippen LogP contribution in [-0.2, 0) is 22.1 Å². The van der Waals surface area contributed by atoms with Crippen molar-refractivity contribution < 1.29 is 27.1 Å². The summed E-state index contributed by atoms with van der Waals surface area (Å²) in [6.45, 7) is 0. The topological polar surface area (TPSA) is 52.3 Å². The van der Waals surface area contributed by atoms with Crippen LogP contribution in [-0.4, -0.2) is 19.1 Å². The Labute approximate surface area is 101 Å². The van der Waals surface area contributed by atoms with Gasteiger partial charge in [0.2, 0.25) is 0 Å². The molecule has 100 valence electrons. The minimum atomic E-state index is -4.63. The van der Waals surface area contributed by atoms with E-state index >= 15 is 0 Å². The average molecular weight is 265 g/mol. The number of hydrogen-bond donors (Lipinski definition) is 1. The number of benzene rings is 1. The van der Waals surface area contributed by atoms with Gasteiger partial charge in [0.1, 0.15) is 11.9 Å². The number of carbonyl (C=O) groups is 1. The number of nitrogens with two attached hydrogens (primary N) is 1. The standard InChI is InChI=1S/C11H11F4NO2/c1-18-10(17)9(16)5-6-4-7(12)2-3-8(6)11(13,14)15/h2-4,9H,5,16H2,1H3/t9-/m1/s1. The van der Waals surface area contributed by atoms with Gasteiger partial charge in [0.15, 0.2) is 0 Å². The lowest BCUT2D eigenvalue weighted by atomic mass is 10.00. The van der Waals surface area contributed by atoms with E-state index in [1.54, 1.807) is 0 Å². The molecule has 2 N–H and O–H groups in total. The number of carbonyl (C=O) groups excluding carboxylic acids is 1. The molecule has 0 aliphatic rings. The van der Waals surface area contributed by atoms with Gasteiger partial charge in [-0.1, -0.05) is 0 Å². The predicted molar refractivity (Wildman–Crippen MR) is 55.1 cm³/mol. The van der Waals surface area contributed by atoms with Crippen LogP contribution in [0, 0.1) is 5.82 Å². The number of esters is 1. The van der Waals surface area contributed by atoms with Crippen molar-refractivity contribution in [3.63, 3.8) is 0 Å². The third kappa shape index (κ3) is 3.43. The molecule has 0 unspecified atom stereocenters. The second kappa shape index (κ2) is 5.34. The van der Waals surface area contributed by atoms with Gasteiger partial charge in [-0.15, -0.1) is 0 Å². The largest absolute Gasteiger partial charge is 0.468 e. The molecule has 0 radical (unpaired) electrons. The summed E-state index contributed by atoms with van der Waals surface area (Å²) in [7, 11) is 1.07. The molecule has 3 nitrogen and oxygen atoms in total. The molecule has 0 bridgehead atoms. The van der Waals surface area contributed by atoms with E-state index in [4.69, 9.17) is 5.73 Å². The highest BCUT2D eigenvalue weighted by Crippen LogP contribution is 2.32. The molecule has 0 spiro atoms. The number of halogens is 4. The van der Waals surface area contributed by atoms with Crippen LogP contribution in [0.1, 0.15) is 11.1 Å². The maximum absolute atomic E-state index is 12.9. The first-order valence-electron chi connectivity index (χ1n) is 4.94. The van der Waals surface area contributed by atoms with Gasteiger partial charge < -0.3 is 10.5 Å². The Morgan fingerprint density at radius 2 is 2.06 bits per heavy atom. The quantitative estimate of drug-likeness (QED) is 0.670. The van der Waals surface area contributed by atoms with Gasteiger partial charge in [0.05, 0.1) is 12.7 Å². The van der Waals surface area contributed by atoms with Crippen LogP contribution in [0.2, 0.25) is 0 Å². The Hall–Kier alpha value is -1.63. The highest BCUT2D eigenvalue weighted by molar-refractivity contribution is 5.75. The molecular formula is C11H11F4NO2. The Morgan fingerprint density at radius 1 is 1.44 bits per heavy atom. The van der Waals surface area contributed by atoms with Crippen molar-refractivity contribution in [1.29, 1.82) is 0 Å². The number of hydrogen-bond acceptors (Lipinski definition) is 3. The highest BCUT2D eigenvalue weighted by atomic mass is 19.4. The van der Waals surface area contributed by atoms with E-state index in [0.29, 0.717) is 18.2 Å². The summed E-state index contributed by atoms with van der Waals surface area (Å²) in [5.74, 6) is -1.68. The van der Waals surface area contributed by atoms with Crippen molar-refractivity contribution in [2.24, 2.45) is 5.73 Å². The van der Waals surface area contributed by atoms with Crippen LogP contribution in [0.3, 0.4) is 0 Å². The first kappa shape index (κ1) is 14.4. The first-order chi connectivity index (χ1) is 8.25. The van der Waals surface area contributed by atoms with Crippen molar-refractivity contribution in [3.8, 4) is 0 Å². The second-order valence-corrected chi connectivity index (χ2v) is 3.63. The number of alkyl halides is 3. The minimum Gasteiger partial charge on any atom is -0.468 e. The molecule has 1 rings (SSSR count). The third-order valence-corrected chi connectivity index (χ3v) is 2.32. The summed E-state index contributed by atoms with van der Waals surface area (Å²) in [6.07, 6.45) is -5.07. The molecule has 0 aliphatic heterocycles. The monoisotopic (exact) mass is 265 g/mol. The van der Waals surface area contributed by atoms with Gasteiger partial charge in [0, 0.05) is 0 Å². The molecule has 18 heavy (non-hydrogen) atoms. The summed E-state index contributed by atoms with van der Waals surface area (Å²) < 4.78 is 55.1. The van der Waals surface area contributed by atoms with Crippen LogP contribution in [0.15, 0.2) is 18.2 Å². The lowest BCUT2D eigenvalue weighted by Crippen LogP contribution is -2.34. The fraction of sp³-hybridized carbons (Fsp3) is 0.364. The Kier molecular flexibility index (Phi) is 4.28. The summed E-state index contributed by atoms with van der Waals surface area (Å²) in [6, 6.07) is 0.772. The van der Waals surface area contributed by atoms with Gasteiger partial charge in [0.25, 0.3) is 0 Å². The van der Waals surface area contributed by atoms with Crippen molar-refractivity contribution in [2.75, 3.05) is 7.11 Å². The van der Waals surface area contributed by atoms with E-state index in [-0.39, 0.29) is 5.56 Å². The van der Waals surface area contributed by atoms with Crippen LogP contribution in [0.25, 0.3) is 0 Å². The Morgan fingerprint density at radius 3 is 2.56 bits per heavy atom. The van der Waals surface area contributed by atoms with E-state index < -0.39 is 36.0 Å². The smallest absolute Gasteiger partial charge is 0.416 e. The fourth-order valence-electron chi connectivity index (χ4n) is 1.48. The molecule has 0 saturated heterocycles. The van der Waals surface area contributed by atoms with Crippen LogP contribution in [0.5, 0.6) is 0 Å². The molecule has 0 heterocycles. The molecule has 1 aromatic carbocycles.